The summed E-state index contributed by atoms with van der Waals surface area (Å²) >= 11 is 1.35. The Bertz CT molecular complexity index is 795. The topological polar surface area (TPSA) is 58.3 Å². The van der Waals surface area contributed by atoms with Crippen LogP contribution in [0.3, 0.4) is 0 Å². The van der Waals surface area contributed by atoms with Gasteiger partial charge in [0, 0.05) is 25.3 Å². The normalized spacial score (nSPS) is 22.8. The highest BCUT2D eigenvalue weighted by Gasteiger charge is 2.32. The van der Waals surface area contributed by atoms with Crippen molar-refractivity contribution in [1.82, 2.24) is 9.97 Å². The van der Waals surface area contributed by atoms with Gasteiger partial charge in [-0.15, -0.1) is 11.8 Å². The highest BCUT2D eigenvalue weighted by molar-refractivity contribution is 8.02. The molecule has 2 aromatic rings. The summed E-state index contributed by atoms with van der Waals surface area (Å²) in [5.41, 5.74) is 6.75. The first kappa shape index (κ1) is 16.3. The molecular weight excluding hydrogens is 344 g/mol. The molecular formula is C17H17F2N5S. The molecule has 0 bridgehead atoms. The molecule has 3 heterocycles. The van der Waals surface area contributed by atoms with Crippen LogP contribution >= 0.6 is 11.8 Å². The van der Waals surface area contributed by atoms with Crippen molar-refractivity contribution in [3.63, 3.8) is 0 Å². The maximum atomic E-state index is 14.3. The number of thioether (sulfide) groups is 1. The molecule has 2 N–H and O–H groups in total. The fourth-order valence-electron chi connectivity index (χ4n) is 3.20. The van der Waals surface area contributed by atoms with Crippen LogP contribution in [0.4, 0.5) is 20.3 Å². The smallest absolute Gasteiger partial charge is 0.156 e. The molecule has 2 unspecified atom stereocenters. The molecule has 0 spiro atoms. The molecule has 8 heteroatoms. The van der Waals surface area contributed by atoms with Gasteiger partial charge in [-0.3, -0.25) is 0 Å². The maximum Gasteiger partial charge on any atom is 0.156 e. The molecule has 4 rings (SSSR count). The van der Waals surface area contributed by atoms with Gasteiger partial charge in [0.05, 0.1) is 11.8 Å². The minimum Gasteiger partial charge on any atom is -0.353 e. The summed E-state index contributed by atoms with van der Waals surface area (Å²) in [7, 11) is 0. The van der Waals surface area contributed by atoms with E-state index in [-0.39, 0.29) is 11.6 Å². The number of halogens is 2. The van der Waals surface area contributed by atoms with Crippen molar-refractivity contribution in [2.45, 2.75) is 17.8 Å². The van der Waals surface area contributed by atoms with E-state index < -0.39 is 17.0 Å². The van der Waals surface area contributed by atoms with E-state index in [4.69, 9.17) is 5.73 Å². The molecule has 0 amide bonds. The Morgan fingerprint density at radius 2 is 2.04 bits per heavy atom. The fourth-order valence-corrected chi connectivity index (χ4v) is 4.23. The van der Waals surface area contributed by atoms with Crippen LogP contribution in [0.25, 0.3) is 0 Å². The Hall–Kier alpha value is -2.19. The van der Waals surface area contributed by atoms with Crippen LogP contribution in [0.5, 0.6) is 0 Å². The zero-order valence-electron chi connectivity index (χ0n) is 13.3. The van der Waals surface area contributed by atoms with Gasteiger partial charge in [0.15, 0.2) is 5.82 Å². The third-order valence-corrected chi connectivity index (χ3v) is 5.40. The van der Waals surface area contributed by atoms with E-state index >= 15 is 0 Å². The van der Waals surface area contributed by atoms with Crippen LogP contribution < -0.4 is 15.5 Å². The molecule has 0 saturated carbocycles. The molecule has 2 aliphatic heterocycles. The number of aromatic nitrogens is 2. The third kappa shape index (κ3) is 2.96. The second kappa shape index (κ2) is 6.61. The number of anilines is 2. The Balaban J connectivity index is 1.73. The van der Waals surface area contributed by atoms with Gasteiger partial charge in [0.2, 0.25) is 0 Å². The van der Waals surface area contributed by atoms with Gasteiger partial charge in [-0.2, -0.15) is 0 Å². The molecule has 0 aliphatic carbocycles. The molecule has 2 aliphatic rings. The van der Waals surface area contributed by atoms with Gasteiger partial charge in [0.25, 0.3) is 0 Å². The second-order valence-electron chi connectivity index (χ2n) is 6.04. The van der Waals surface area contributed by atoms with E-state index in [2.05, 4.69) is 14.9 Å². The van der Waals surface area contributed by atoms with Crippen LogP contribution in [-0.2, 0) is 0 Å². The van der Waals surface area contributed by atoms with E-state index in [0.717, 1.165) is 18.8 Å². The number of rotatable bonds is 3. The Labute approximate surface area is 148 Å². The highest BCUT2D eigenvalue weighted by atomic mass is 32.2. The van der Waals surface area contributed by atoms with Crippen LogP contribution in [-0.4, -0.2) is 29.1 Å². The minimum atomic E-state index is -0.562. The summed E-state index contributed by atoms with van der Waals surface area (Å²) in [6.45, 7) is 1.50. The Kier molecular flexibility index (Phi) is 4.30. The van der Waals surface area contributed by atoms with Gasteiger partial charge in [-0.25, -0.2) is 18.7 Å². The second-order valence-corrected chi connectivity index (χ2v) is 7.03. The van der Waals surface area contributed by atoms with Crippen molar-refractivity contribution in [2.24, 2.45) is 5.73 Å². The molecule has 0 radical (unpaired) electrons. The Morgan fingerprint density at radius 3 is 2.76 bits per heavy atom. The van der Waals surface area contributed by atoms with Gasteiger partial charge in [-0.05, 0) is 24.0 Å². The monoisotopic (exact) mass is 361 g/mol. The number of nitrogens with zero attached hydrogens (tertiary/aromatic N) is 4. The van der Waals surface area contributed by atoms with E-state index in [1.54, 1.807) is 12.4 Å². The predicted octanol–water partition coefficient (Wildman–Crippen LogP) is 3.02. The fraction of sp³-hybridized carbons (Fsp3) is 0.294. The van der Waals surface area contributed by atoms with Crippen LogP contribution in [0.2, 0.25) is 0 Å². The molecule has 1 aromatic heterocycles. The van der Waals surface area contributed by atoms with Gasteiger partial charge < -0.3 is 15.5 Å². The minimum absolute atomic E-state index is 0.0328. The number of hydrogen-bond donors (Lipinski definition) is 1. The summed E-state index contributed by atoms with van der Waals surface area (Å²) in [5, 5.41) is 1.28. The zero-order valence-corrected chi connectivity index (χ0v) is 14.2. The van der Waals surface area contributed by atoms with E-state index in [9.17, 15) is 8.78 Å². The van der Waals surface area contributed by atoms with Gasteiger partial charge >= 0.3 is 0 Å². The van der Waals surface area contributed by atoms with E-state index in [1.807, 2.05) is 10.3 Å². The van der Waals surface area contributed by atoms with Crippen LogP contribution in [0.1, 0.15) is 17.4 Å². The summed E-state index contributed by atoms with van der Waals surface area (Å²) in [5.74, 6) is -0.391. The number of hydrogen-bond acceptors (Lipinski definition) is 6. The average Bonchev–Trinajstić information content (AvgIpc) is 3.24. The van der Waals surface area contributed by atoms with Crippen molar-refractivity contribution in [3.8, 4) is 0 Å². The number of benzene rings is 1. The molecule has 1 aromatic carbocycles. The first-order valence-electron chi connectivity index (χ1n) is 8.00. The first-order valence-corrected chi connectivity index (χ1v) is 8.94. The maximum absolute atomic E-state index is 14.3. The predicted molar refractivity (Wildman–Crippen MR) is 95.1 cm³/mol. The quantitative estimate of drug-likeness (QED) is 0.907. The molecule has 2 atom stereocenters. The Morgan fingerprint density at radius 1 is 1.24 bits per heavy atom. The number of nitrogens with two attached hydrogens (primary N) is 1. The summed E-state index contributed by atoms with van der Waals surface area (Å²) < 4.78 is 28.6. The molecule has 1 saturated heterocycles. The van der Waals surface area contributed by atoms with Crippen molar-refractivity contribution in [1.29, 1.82) is 0 Å². The van der Waals surface area contributed by atoms with Crippen molar-refractivity contribution in [3.05, 3.63) is 59.5 Å². The zero-order chi connectivity index (χ0) is 17.4. The lowest BCUT2D eigenvalue weighted by Crippen LogP contribution is -2.29. The lowest BCUT2D eigenvalue weighted by molar-refractivity contribution is 0.553. The summed E-state index contributed by atoms with van der Waals surface area (Å²) in [4.78, 5) is 12.4. The molecule has 1 fully saturated rings. The third-order valence-electron chi connectivity index (χ3n) is 4.40. The average molecular weight is 361 g/mol. The van der Waals surface area contributed by atoms with Crippen LogP contribution in [0.15, 0.2) is 42.3 Å². The van der Waals surface area contributed by atoms with Gasteiger partial charge in [0.1, 0.15) is 29.0 Å². The SMILES string of the molecule is NC1CCN(c2ncncc2N2C=CSC2c2c(F)cccc2F)C1. The van der Waals surface area contributed by atoms with Crippen molar-refractivity contribution < 1.29 is 8.78 Å². The van der Waals surface area contributed by atoms with Crippen LogP contribution in [0, 0.1) is 11.6 Å². The van der Waals surface area contributed by atoms with E-state index in [1.165, 1.54) is 36.3 Å². The summed E-state index contributed by atoms with van der Waals surface area (Å²) in [6.07, 6.45) is 5.85. The standard InChI is InChI=1S/C17H17F2N5S/c18-12-2-1-3-13(19)15(12)17-24(6-7-25-17)14-8-21-10-22-16(14)23-5-4-11(20)9-23/h1-3,6-8,10-11,17H,4-5,9,20H2. The van der Waals surface area contributed by atoms with E-state index in [0.29, 0.717) is 12.2 Å². The lowest BCUT2D eigenvalue weighted by Gasteiger charge is -2.29. The first-order chi connectivity index (χ1) is 12.1. The lowest BCUT2D eigenvalue weighted by atomic mass is 10.1. The van der Waals surface area contributed by atoms with Crippen molar-refractivity contribution in [2.75, 3.05) is 22.9 Å². The molecule has 5 nitrogen and oxygen atoms in total. The molecule has 25 heavy (non-hydrogen) atoms. The summed E-state index contributed by atoms with van der Waals surface area (Å²) in [6, 6.07) is 4.02. The van der Waals surface area contributed by atoms with Crippen molar-refractivity contribution >= 4 is 23.3 Å². The molecule has 130 valence electrons. The largest absolute Gasteiger partial charge is 0.353 e. The van der Waals surface area contributed by atoms with Gasteiger partial charge in [-0.1, -0.05) is 6.07 Å². The highest BCUT2D eigenvalue weighted by Crippen LogP contribution is 2.45.